The van der Waals surface area contributed by atoms with E-state index < -0.39 is 21.7 Å². The second-order valence-corrected chi connectivity index (χ2v) is 7.12. The van der Waals surface area contributed by atoms with Crippen molar-refractivity contribution in [1.82, 2.24) is 0 Å². The quantitative estimate of drug-likeness (QED) is 0.924. The van der Waals surface area contributed by atoms with Gasteiger partial charge in [-0.1, -0.05) is 0 Å². The largest absolute Gasteiger partial charge is 0.312 e. The number of sulfonamides is 1. The zero-order valence-electron chi connectivity index (χ0n) is 12.7. The van der Waals surface area contributed by atoms with E-state index in [1.54, 1.807) is 11.0 Å². The molecule has 0 saturated heterocycles. The van der Waals surface area contributed by atoms with E-state index in [0.29, 0.717) is 24.7 Å². The molecule has 0 spiro atoms. The monoisotopic (exact) mass is 352 g/mol. The number of halogens is 2. The van der Waals surface area contributed by atoms with Gasteiger partial charge in [0.2, 0.25) is 5.91 Å². The van der Waals surface area contributed by atoms with Crippen molar-refractivity contribution in [3.63, 3.8) is 0 Å². The van der Waals surface area contributed by atoms with Crippen molar-refractivity contribution >= 4 is 27.3 Å². The summed E-state index contributed by atoms with van der Waals surface area (Å²) >= 11 is 0. The van der Waals surface area contributed by atoms with Gasteiger partial charge in [-0.2, -0.15) is 0 Å². The molecule has 1 amide bonds. The Kier molecular flexibility index (Phi) is 4.00. The summed E-state index contributed by atoms with van der Waals surface area (Å²) in [6.45, 7) is 1.94. The summed E-state index contributed by atoms with van der Waals surface area (Å²) in [6.07, 6.45) is 0.545. The maximum atomic E-state index is 13.6. The van der Waals surface area contributed by atoms with E-state index in [9.17, 15) is 22.0 Å². The Morgan fingerprint density at radius 1 is 1.17 bits per heavy atom. The van der Waals surface area contributed by atoms with E-state index >= 15 is 0 Å². The van der Waals surface area contributed by atoms with Crippen LogP contribution in [0.2, 0.25) is 0 Å². The maximum Gasteiger partial charge on any atom is 0.261 e. The zero-order valence-corrected chi connectivity index (χ0v) is 13.5. The van der Waals surface area contributed by atoms with Gasteiger partial charge in [-0.15, -0.1) is 0 Å². The molecular formula is C16H14F2N2O3S. The van der Waals surface area contributed by atoms with Crippen LogP contribution in [-0.4, -0.2) is 20.9 Å². The lowest BCUT2D eigenvalue weighted by atomic mass is 10.2. The Balaban J connectivity index is 1.92. The summed E-state index contributed by atoms with van der Waals surface area (Å²) in [4.78, 5) is 13.0. The van der Waals surface area contributed by atoms with Gasteiger partial charge in [0.05, 0.1) is 10.6 Å². The smallest absolute Gasteiger partial charge is 0.261 e. The van der Waals surface area contributed by atoms with Gasteiger partial charge in [-0.25, -0.2) is 17.2 Å². The lowest BCUT2D eigenvalue weighted by Gasteiger charge is -2.15. The third kappa shape index (κ3) is 2.96. The number of carbonyl (C=O) groups is 1. The Morgan fingerprint density at radius 3 is 2.58 bits per heavy atom. The van der Waals surface area contributed by atoms with Gasteiger partial charge in [0.15, 0.2) is 0 Å². The van der Waals surface area contributed by atoms with Crippen LogP contribution in [0.4, 0.5) is 20.2 Å². The van der Waals surface area contributed by atoms with Crippen LogP contribution in [0.15, 0.2) is 41.3 Å². The molecule has 0 aromatic heterocycles. The molecule has 1 N–H and O–H groups in total. The normalized spacial score (nSPS) is 13.7. The van der Waals surface area contributed by atoms with Gasteiger partial charge < -0.3 is 4.90 Å². The van der Waals surface area contributed by atoms with Gasteiger partial charge in [0.25, 0.3) is 10.0 Å². The van der Waals surface area contributed by atoms with E-state index in [1.165, 1.54) is 19.1 Å². The minimum absolute atomic E-state index is 0.0459. The number of nitrogens with one attached hydrogen (secondary N) is 1. The van der Waals surface area contributed by atoms with Crippen molar-refractivity contribution < 1.29 is 22.0 Å². The molecule has 0 unspecified atom stereocenters. The van der Waals surface area contributed by atoms with Gasteiger partial charge in [-0.3, -0.25) is 9.52 Å². The zero-order chi connectivity index (χ0) is 17.5. The highest BCUT2D eigenvalue weighted by Gasteiger charge is 2.25. The van der Waals surface area contributed by atoms with Crippen LogP contribution in [0.5, 0.6) is 0 Å². The van der Waals surface area contributed by atoms with Crippen molar-refractivity contribution in [3.05, 3.63) is 53.6 Å². The molecule has 0 aliphatic carbocycles. The van der Waals surface area contributed by atoms with Gasteiger partial charge in [0.1, 0.15) is 11.6 Å². The first-order valence-corrected chi connectivity index (χ1v) is 8.65. The third-order valence-electron chi connectivity index (χ3n) is 3.81. The van der Waals surface area contributed by atoms with Crippen LogP contribution in [-0.2, 0) is 21.2 Å². The molecule has 5 nitrogen and oxygen atoms in total. The molecule has 1 aliphatic heterocycles. The minimum Gasteiger partial charge on any atom is -0.312 e. The summed E-state index contributed by atoms with van der Waals surface area (Å²) in [5.41, 5.74) is 1.07. The van der Waals surface area contributed by atoms with Crippen molar-refractivity contribution in [2.75, 3.05) is 16.2 Å². The van der Waals surface area contributed by atoms with Gasteiger partial charge in [0, 0.05) is 25.2 Å². The van der Waals surface area contributed by atoms with Gasteiger partial charge in [-0.05, 0) is 42.3 Å². The van der Waals surface area contributed by atoms with Crippen molar-refractivity contribution in [2.24, 2.45) is 0 Å². The number of anilines is 2. The van der Waals surface area contributed by atoms with E-state index in [1.807, 2.05) is 0 Å². The number of hydrogen-bond acceptors (Lipinski definition) is 3. The van der Waals surface area contributed by atoms with Crippen molar-refractivity contribution in [2.45, 2.75) is 18.2 Å². The number of carbonyl (C=O) groups excluding carboxylic acids is 1. The summed E-state index contributed by atoms with van der Waals surface area (Å²) in [7, 11) is -4.02. The Morgan fingerprint density at radius 2 is 1.92 bits per heavy atom. The first-order chi connectivity index (χ1) is 11.3. The number of benzene rings is 2. The molecular weight excluding hydrogens is 338 g/mol. The maximum absolute atomic E-state index is 13.6. The van der Waals surface area contributed by atoms with Crippen LogP contribution in [0.1, 0.15) is 12.5 Å². The molecule has 3 rings (SSSR count). The topological polar surface area (TPSA) is 66.5 Å². The first kappa shape index (κ1) is 16.4. The second-order valence-electron chi connectivity index (χ2n) is 5.44. The predicted octanol–water partition coefficient (Wildman–Crippen LogP) is 2.67. The molecule has 0 fully saturated rings. The molecule has 126 valence electrons. The fraction of sp³-hybridized carbons (Fsp3) is 0.188. The number of rotatable bonds is 3. The average molecular weight is 352 g/mol. The molecule has 0 atom stereocenters. The van der Waals surface area contributed by atoms with Crippen LogP contribution in [0.3, 0.4) is 0 Å². The van der Waals surface area contributed by atoms with E-state index in [2.05, 4.69) is 4.72 Å². The van der Waals surface area contributed by atoms with Crippen LogP contribution in [0, 0.1) is 11.6 Å². The second kappa shape index (κ2) is 5.86. The van der Waals surface area contributed by atoms with Crippen LogP contribution >= 0.6 is 0 Å². The van der Waals surface area contributed by atoms with E-state index in [4.69, 9.17) is 0 Å². The highest BCUT2D eigenvalue weighted by molar-refractivity contribution is 7.92. The number of amides is 1. The summed E-state index contributed by atoms with van der Waals surface area (Å²) in [5.74, 6) is -1.91. The molecule has 1 heterocycles. The molecule has 1 aliphatic rings. The molecule has 2 aromatic rings. The highest BCUT2D eigenvalue weighted by atomic mass is 32.2. The molecule has 8 heteroatoms. The fourth-order valence-corrected chi connectivity index (χ4v) is 3.77. The lowest BCUT2D eigenvalue weighted by Crippen LogP contribution is -2.25. The number of nitrogens with zero attached hydrogens (tertiary/aromatic N) is 1. The van der Waals surface area contributed by atoms with Crippen LogP contribution < -0.4 is 9.62 Å². The molecule has 24 heavy (non-hydrogen) atoms. The van der Waals surface area contributed by atoms with Gasteiger partial charge >= 0.3 is 0 Å². The lowest BCUT2D eigenvalue weighted by molar-refractivity contribution is -0.116. The predicted molar refractivity (Wildman–Crippen MR) is 85.3 cm³/mol. The van der Waals surface area contributed by atoms with Crippen molar-refractivity contribution in [3.8, 4) is 0 Å². The Hall–Kier alpha value is -2.48. The highest BCUT2D eigenvalue weighted by Crippen LogP contribution is 2.31. The fourth-order valence-electron chi connectivity index (χ4n) is 2.65. The standard InChI is InChI=1S/C16H14F2N2O3S/c1-10(21)20-7-6-11-8-13(3-5-16(11)20)24(22,23)19-15-4-2-12(17)9-14(15)18/h2-5,8-9,19H,6-7H2,1H3. The summed E-state index contributed by atoms with van der Waals surface area (Å²) < 4.78 is 53.5. The number of fused-ring (bicyclic) bond motifs is 1. The Labute approximate surface area is 138 Å². The number of hydrogen-bond donors (Lipinski definition) is 1. The van der Waals surface area contributed by atoms with Crippen LogP contribution in [0.25, 0.3) is 0 Å². The SMILES string of the molecule is CC(=O)N1CCc2cc(S(=O)(=O)Nc3ccc(F)cc3F)ccc21. The third-order valence-corrected chi connectivity index (χ3v) is 5.18. The molecule has 0 radical (unpaired) electrons. The van der Waals surface area contributed by atoms with Crippen molar-refractivity contribution in [1.29, 1.82) is 0 Å². The summed E-state index contributed by atoms with van der Waals surface area (Å²) in [6, 6.07) is 6.96. The Bertz CT molecular complexity index is 929. The first-order valence-electron chi connectivity index (χ1n) is 7.17. The molecule has 0 bridgehead atoms. The average Bonchev–Trinajstić information content (AvgIpc) is 2.93. The minimum atomic E-state index is -4.02. The van der Waals surface area contributed by atoms with E-state index in [0.717, 1.165) is 17.7 Å². The van der Waals surface area contributed by atoms with E-state index in [-0.39, 0.29) is 16.5 Å². The molecule has 2 aromatic carbocycles. The molecule has 0 saturated carbocycles. The summed E-state index contributed by atoms with van der Waals surface area (Å²) in [5, 5.41) is 0.